The second-order valence-electron chi connectivity index (χ2n) is 24.4. The molecule has 0 aliphatic carbocycles. The number of piperazine rings is 3. The SMILES string of the molecule is COc1ccc(CN2CCN(c3ncnc4c3cnn4-c3ccccc3)CC2)cc1.c1ccc(-c2ccc(CN3CCN(c4ncnc5c4cnn5-c4ccccc4)CC3)cc2)cc1.c1ccc(-n2ncc3c(N4CCN(Cc5ccc6ccccc6c5)CC4)ncnc32)cc1. The molecule has 0 radical (unpaired) electrons. The quantitative estimate of drug-likeness (QED) is 0.101. The molecule has 6 aromatic heterocycles. The van der Waals surface area contributed by atoms with Gasteiger partial charge in [-0.25, -0.2) is 43.9 Å². The molecular weight excluding hydrogens is 1190 g/mol. The van der Waals surface area contributed by atoms with Crippen molar-refractivity contribution in [3.63, 3.8) is 0 Å². The fraction of sp³-hybridized carbons (Fsp3) is 0.208. The highest BCUT2D eigenvalue weighted by atomic mass is 16.5. The molecule has 8 aromatic carbocycles. The lowest BCUT2D eigenvalue weighted by Gasteiger charge is -2.35. The zero-order valence-corrected chi connectivity index (χ0v) is 53.7. The summed E-state index contributed by atoms with van der Waals surface area (Å²) in [5, 5.41) is 19.4. The molecule has 0 bridgehead atoms. The molecule has 0 atom stereocenters. The Labute approximate surface area is 557 Å². The number of fused-ring (bicyclic) bond motifs is 4. The third-order valence-electron chi connectivity index (χ3n) is 18.3. The predicted molar refractivity (Wildman–Crippen MR) is 381 cm³/mol. The first-order valence-corrected chi connectivity index (χ1v) is 32.9. The van der Waals surface area contributed by atoms with Gasteiger partial charge in [0.05, 0.1) is 58.9 Å². The summed E-state index contributed by atoms with van der Waals surface area (Å²) in [7, 11) is 1.70. The number of hydrogen-bond acceptors (Lipinski definition) is 16. The van der Waals surface area contributed by atoms with Gasteiger partial charge in [-0.15, -0.1) is 0 Å². The van der Waals surface area contributed by atoms with E-state index in [1.165, 1.54) is 38.6 Å². The number of benzene rings is 8. The van der Waals surface area contributed by atoms with Crippen molar-refractivity contribution in [2.45, 2.75) is 19.6 Å². The molecule has 0 N–H and O–H groups in total. The third-order valence-corrected chi connectivity index (χ3v) is 18.3. The van der Waals surface area contributed by atoms with Crippen molar-refractivity contribution in [1.29, 1.82) is 0 Å². The molecule has 14 aromatic rings. The number of ether oxygens (including phenoxy) is 1. The topological polar surface area (TPSA) is 159 Å². The Morgan fingerprint density at radius 2 is 0.646 bits per heavy atom. The van der Waals surface area contributed by atoms with Gasteiger partial charge in [-0.3, -0.25) is 14.7 Å². The first-order valence-electron chi connectivity index (χ1n) is 32.9. The number of methoxy groups -OCH3 is 1. The van der Waals surface area contributed by atoms with Crippen molar-refractivity contribution in [2.24, 2.45) is 0 Å². The van der Waals surface area contributed by atoms with Crippen LogP contribution in [0.4, 0.5) is 17.5 Å². The Bertz CT molecular complexity index is 4830. The Morgan fingerprint density at radius 1 is 0.312 bits per heavy atom. The van der Waals surface area contributed by atoms with E-state index in [9.17, 15) is 0 Å². The van der Waals surface area contributed by atoms with Gasteiger partial charge < -0.3 is 19.4 Å². The summed E-state index contributed by atoms with van der Waals surface area (Å²) in [5.41, 5.74) is 12.1. The zero-order valence-electron chi connectivity index (χ0n) is 53.7. The summed E-state index contributed by atoms with van der Waals surface area (Å²) >= 11 is 0. The van der Waals surface area contributed by atoms with Crippen molar-refractivity contribution in [3.8, 4) is 33.9 Å². The van der Waals surface area contributed by atoms with E-state index in [0.29, 0.717) is 0 Å². The molecule has 3 aliphatic rings. The smallest absolute Gasteiger partial charge is 0.168 e. The normalized spacial score (nSPS) is 14.8. The van der Waals surface area contributed by atoms with E-state index in [2.05, 4.69) is 184 Å². The first-order chi connectivity index (χ1) is 47.5. The summed E-state index contributed by atoms with van der Waals surface area (Å²) in [6.07, 6.45) is 10.6. The van der Waals surface area contributed by atoms with Gasteiger partial charge in [-0.05, 0) is 93.2 Å². The van der Waals surface area contributed by atoms with Crippen LogP contribution >= 0.6 is 0 Å². The highest BCUT2D eigenvalue weighted by Crippen LogP contribution is 2.30. The van der Waals surface area contributed by atoms with E-state index in [1.54, 1.807) is 26.1 Å². The van der Waals surface area contributed by atoms with E-state index in [-0.39, 0.29) is 0 Å². The predicted octanol–water partition coefficient (Wildman–Crippen LogP) is 12.2. The minimum Gasteiger partial charge on any atom is -0.497 e. The standard InChI is InChI=1S/C28H26N6.C26H24N6.C23H24N6O/c1-3-7-23(8-4-1)24-13-11-22(12-14-24)20-32-15-17-33(18-16-32)27-26-19-31-34(28(26)30-21-29-27)25-9-5-2-6-10-25;1-2-8-23(9-3-1)32-26-24(17-29-32)25(27-19-28-26)31-14-12-30(13-15-31)18-20-10-11-21-6-4-5-7-22(21)16-20;1-30-20-9-7-18(8-10-20)16-27-11-13-28(14-12-27)22-21-15-26-29(23(21)25-17-24-22)19-5-3-2-4-6-19/h1-14,19,21H,15-18,20H2;1-11,16-17,19H,12-15,18H2;2-10,15,17H,11-14,16H2,1H3. The first kappa shape index (κ1) is 61.0. The van der Waals surface area contributed by atoms with Crippen LogP contribution in [-0.4, -0.2) is 160 Å². The van der Waals surface area contributed by atoms with Crippen LogP contribution in [0.25, 0.3) is 72.1 Å². The maximum absolute atomic E-state index is 5.25. The van der Waals surface area contributed by atoms with Crippen molar-refractivity contribution in [1.82, 2.24) is 73.9 Å². The van der Waals surface area contributed by atoms with Crippen LogP contribution in [0.15, 0.2) is 250 Å². The summed E-state index contributed by atoms with van der Waals surface area (Å²) in [4.78, 5) is 42.0. The van der Waals surface area contributed by atoms with Crippen LogP contribution in [0.2, 0.25) is 0 Å². The van der Waals surface area contributed by atoms with Crippen LogP contribution in [0, 0.1) is 0 Å². The third kappa shape index (κ3) is 13.6. The molecule has 0 unspecified atom stereocenters. The van der Waals surface area contributed by atoms with E-state index in [1.807, 2.05) is 136 Å². The van der Waals surface area contributed by atoms with Gasteiger partial charge >= 0.3 is 0 Å². The number of hydrogen-bond donors (Lipinski definition) is 0. The highest BCUT2D eigenvalue weighted by Gasteiger charge is 2.26. The molecule has 0 amide bonds. The number of rotatable bonds is 14. The summed E-state index contributed by atoms with van der Waals surface area (Å²) in [6, 6.07) is 73.5. The van der Waals surface area contributed by atoms with Crippen LogP contribution in [0.3, 0.4) is 0 Å². The van der Waals surface area contributed by atoms with Crippen LogP contribution < -0.4 is 19.4 Å². The van der Waals surface area contributed by atoms with Gasteiger partial charge in [-0.1, -0.05) is 158 Å². The molecule has 3 saturated heterocycles. The Kier molecular flexibility index (Phi) is 18.1. The van der Waals surface area contributed by atoms with Crippen molar-refractivity contribution in [2.75, 3.05) is 100 Å². The lowest BCUT2D eigenvalue weighted by molar-refractivity contribution is 0.249. The number of para-hydroxylation sites is 3. The lowest BCUT2D eigenvalue weighted by Crippen LogP contribution is -2.46. The van der Waals surface area contributed by atoms with E-state index in [0.717, 1.165) is 172 Å². The summed E-state index contributed by atoms with van der Waals surface area (Å²) < 4.78 is 10.9. The molecule has 0 saturated carbocycles. The van der Waals surface area contributed by atoms with Crippen molar-refractivity contribution >= 4 is 61.3 Å². The second-order valence-corrected chi connectivity index (χ2v) is 24.4. The Morgan fingerprint density at radius 3 is 1.04 bits per heavy atom. The Hall–Kier alpha value is -11.3. The van der Waals surface area contributed by atoms with E-state index in [4.69, 9.17) is 4.74 Å². The molecule has 19 nitrogen and oxygen atoms in total. The monoisotopic (exact) mass is 1270 g/mol. The highest BCUT2D eigenvalue weighted by molar-refractivity contribution is 5.90. The van der Waals surface area contributed by atoms with Crippen LogP contribution in [0.1, 0.15) is 16.7 Å². The van der Waals surface area contributed by atoms with Gasteiger partial charge in [0.2, 0.25) is 0 Å². The summed E-state index contributed by atoms with van der Waals surface area (Å²) in [6.45, 7) is 14.5. The van der Waals surface area contributed by atoms with E-state index >= 15 is 0 Å². The van der Waals surface area contributed by atoms with E-state index < -0.39 is 0 Å². The largest absolute Gasteiger partial charge is 0.497 e. The molecule has 17 rings (SSSR count). The fourth-order valence-corrected chi connectivity index (χ4v) is 13.2. The average Bonchev–Trinajstić information content (AvgIpc) is 1.65. The molecule has 19 heteroatoms. The van der Waals surface area contributed by atoms with Gasteiger partial charge in [0.15, 0.2) is 16.9 Å². The lowest BCUT2D eigenvalue weighted by atomic mass is 10.0. The minimum absolute atomic E-state index is 0.840. The molecule has 3 fully saturated rings. The second kappa shape index (κ2) is 28.5. The number of nitrogens with zero attached hydrogens (tertiary/aromatic N) is 18. The van der Waals surface area contributed by atoms with Crippen molar-refractivity contribution in [3.05, 3.63) is 267 Å². The minimum atomic E-state index is 0.840. The average molecular weight is 1270 g/mol. The molecule has 3 aliphatic heterocycles. The Balaban J connectivity index is 0.000000118. The van der Waals surface area contributed by atoms with Crippen molar-refractivity contribution < 1.29 is 4.74 Å². The number of aromatic nitrogens is 12. The molecular formula is C77H74N18O. The van der Waals surface area contributed by atoms with Gasteiger partial charge in [-0.2, -0.15) is 15.3 Å². The van der Waals surface area contributed by atoms with Gasteiger partial charge in [0, 0.05) is 98.2 Å². The molecule has 96 heavy (non-hydrogen) atoms. The summed E-state index contributed by atoms with van der Waals surface area (Å²) in [5.74, 6) is 3.81. The molecule has 9 heterocycles. The molecule has 0 spiro atoms. The van der Waals surface area contributed by atoms with Crippen LogP contribution in [-0.2, 0) is 19.6 Å². The van der Waals surface area contributed by atoms with Crippen LogP contribution in [0.5, 0.6) is 5.75 Å². The molecule has 478 valence electrons. The maximum atomic E-state index is 5.25. The number of anilines is 3. The van der Waals surface area contributed by atoms with Gasteiger partial charge in [0.1, 0.15) is 42.2 Å². The fourth-order valence-electron chi connectivity index (χ4n) is 13.2. The van der Waals surface area contributed by atoms with Gasteiger partial charge in [0.25, 0.3) is 0 Å². The maximum Gasteiger partial charge on any atom is 0.168 e. The zero-order chi connectivity index (χ0) is 64.4.